The minimum atomic E-state index is -0.0657. The summed E-state index contributed by atoms with van der Waals surface area (Å²) in [6, 6.07) is 7.83. The van der Waals surface area contributed by atoms with Crippen LogP contribution in [-0.4, -0.2) is 10.1 Å². The van der Waals surface area contributed by atoms with E-state index in [4.69, 9.17) is 0 Å². The molecule has 0 fully saturated rings. The molecule has 1 heterocycles. The van der Waals surface area contributed by atoms with Gasteiger partial charge in [-0.25, -0.2) is 4.98 Å². The number of hydrogen-bond donors (Lipinski definition) is 0. The van der Waals surface area contributed by atoms with Gasteiger partial charge in [-0.2, -0.15) is 0 Å². The van der Waals surface area contributed by atoms with Gasteiger partial charge in [0.2, 0.25) is 5.12 Å². The Hall–Kier alpha value is -1.13. The molecule has 14 heavy (non-hydrogen) atoms. The summed E-state index contributed by atoms with van der Waals surface area (Å²) in [7, 11) is 0. The predicted molar refractivity (Wildman–Crippen MR) is 60.7 cm³/mol. The molecular weight excluding hydrogens is 214 g/mol. The first-order valence-electron chi connectivity index (χ1n) is 3.99. The number of fused-ring (bicyclic) bond motifs is 1. The van der Waals surface area contributed by atoms with Gasteiger partial charge in [0.1, 0.15) is 0 Å². The molecule has 0 radical (unpaired) electrons. The largest absolute Gasteiger partial charge is 0.282 e. The van der Waals surface area contributed by atoms with Crippen molar-refractivity contribution in [1.82, 2.24) is 4.98 Å². The zero-order chi connectivity index (χ0) is 9.97. The zero-order valence-corrected chi connectivity index (χ0v) is 8.90. The van der Waals surface area contributed by atoms with Gasteiger partial charge >= 0.3 is 0 Å². The van der Waals surface area contributed by atoms with Gasteiger partial charge in [-0.1, -0.05) is 18.7 Å². The fourth-order valence-electron chi connectivity index (χ4n) is 1.02. The van der Waals surface area contributed by atoms with Gasteiger partial charge in [0.15, 0.2) is 4.34 Å². The van der Waals surface area contributed by atoms with Crippen LogP contribution in [0.5, 0.6) is 0 Å². The second-order valence-corrected chi connectivity index (χ2v) is 4.85. The molecule has 70 valence electrons. The van der Waals surface area contributed by atoms with Gasteiger partial charge in [-0.05, 0) is 30.0 Å². The molecule has 2 aromatic rings. The minimum Gasteiger partial charge on any atom is -0.282 e. The lowest BCUT2D eigenvalue weighted by Crippen LogP contribution is -1.81. The Morgan fingerprint density at radius 1 is 1.50 bits per heavy atom. The summed E-state index contributed by atoms with van der Waals surface area (Å²) in [5.41, 5.74) is 0.942. The fourth-order valence-corrected chi connectivity index (χ4v) is 2.80. The van der Waals surface area contributed by atoms with Crippen LogP contribution in [0.3, 0.4) is 0 Å². The van der Waals surface area contributed by atoms with E-state index in [1.807, 2.05) is 24.3 Å². The summed E-state index contributed by atoms with van der Waals surface area (Å²) in [5, 5.41) is -0.0657. The number of rotatable bonds is 2. The van der Waals surface area contributed by atoms with Crippen molar-refractivity contribution in [2.45, 2.75) is 4.34 Å². The average molecular weight is 221 g/mol. The molecule has 1 aromatic heterocycles. The molecule has 0 N–H and O–H groups in total. The highest BCUT2D eigenvalue weighted by molar-refractivity contribution is 8.15. The van der Waals surface area contributed by atoms with Crippen molar-refractivity contribution in [3.8, 4) is 0 Å². The van der Waals surface area contributed by atoms with Crippen LogP contribution in [0.15, 0.2) is 41.3 Å². The Labute approximate surface area is 89.7 Å². The smallest absolute Gasteiger partial charge is 0.218 e. The predicted octanol–water partition coefficient (Wildman–Crippen LogP) is 3.10. The van der Waals surface area contributed by atoms with E-state index in [0.29, 0.717) is 0 Å². The van der Waals surface area contributed by atoms with Crippen LogP contribution >= 0.6 is 23.1 Å². The molecule has 0 unspecified atom stereocenters. The monoisotopic (exact) mass is 221 g/mol. The molecule has 2 rings (SSSR count). The molecule has 0 saturated carbocycles. The number of hydrogen-bond acceptors (Lipinski definition) is 4. The van der Waals surface area contributed by atoms with Crippen LogP contribution in [0.2, 0.25) is 0 Å². The molecule has 0 atom stereocenters. The molecule has 0 amide bonds. The van der Waals surface area contributed by atoms with Gasteiger partial charge < -0.3 is 0 Å². The average Bonchev–Trinajstić information content (AvgIpc) is 2.59. The third kappa shape index (κ3) is 1.86. The second kappa shape index (κ2) is 3.94. The van der Waals surface area contributed by atoms with Gasteiger partial charge in [0.05, 0.1) is 10.2 Å². The first-order valence-corrected chi connectivity index (χ1v) is 5.63. The lowest BCUT2D eigenvalue weighted by atomic mass is 10.3. The van der Waals surface area contributed by atoms with E-state index in [9.17, 15) is 4.79 Å². The SMILES string of the molecule is C=CC(=O)Sc1nc2ccccc2s1. The third-order valence-corrected chi connectivity index (χ3v) is 3.59. The lowest BCUT2D eigenvalue weighted by Gasteiger charge is -1.86. The van der Waals surface area contributed by atoms with Crippen LogP contribution in [-0.2, 0) is 4.79 Å². The molecule has 0 aliphatic rings. The van der Waals surface area contributed by atoms with Gasteiger partial charge in [-0.3, -0.25) is 4.79 Å². The van der Waals surface area contributed by atoms with Crippen molar-refractivity contribution >= 4 is 38.4 Å². The summed E-state index contributed by atoms with van der Waals surface area (Å²) >= 11 is 2.64. The summed E-state index contributed by atoms with van der Waals surface area (Å²) in [5.74, 6) is 0. The Balaban J connectivity index is 2.35. The zero-order valence-electron chi connectivity index (χ0n) is 7.27. The summed E-state index contributed by atoms with van der Waals surface area (Å²) in [6.07, 6.45) is 1.30. The lowest BCUT2D eigenvalue weighted by molar-refractivity contribution is -0.107. The molecule has 0 saturated heterocycles. The van der Waals surface area contributed by atoms with Crippen molar-refractivity contribution in [2.75, 3.05) is 0 Å². The van der Waals surface area contributed by atoms with Crippen LogP contribution in [0.4, 0.5) is 0 Å². The van der Waals surface area contributed by atoms with Gasteiger partial charge in [0, 0.05) is 0 Å². The third-order valence-electron chi connectivity index (χ3n) is 1.63. The number of aromatic nitrogens is 1. The van der Waals surface area contributed by atoms with E-state index in [-0.39, 0.29) is 5.12 Å². The quantitative estimate of drug-likeness (QED) is 0.576. The maximum atomic E-state index is 11.1. The highest BCUT2D eigenvalue weighted by atomic mass is 32.2. The van der Waals surface area contributed by atoms with E-state index < -0.39 is 0 Å². The highest BCUT2D eigenvalue weighted by Crippen LogP contribution is 2.29. The number of benzene rings is 1. The summed E-state index contributed by atoms with van der Waals surface area (Å²) in [6.45, 7) is 3.42. The topological polar surface area (TPSA) is 30.0 Å². The van der Waals surface area contributed by atoms with Crippen molar-refractivity contribution in [2.24, 2.45) is 0 Å². The standard InChI is InChI=1S/C10H7NOS2/c1-2-9(12)14-10-11-7-5-3-4-6-8(7)13-10/h2-6H,1H2. The second-order valence-electron chi connectivity index (χ2n) is 2.57. The Morgan fingerprint density at radius 3 is 3.00 bits per heavy atom. The minimum absolute atomic E-state index is 0.0657. The number of thioether (sulfide) groups is 1. The number of carbonyl (C=O) groups excluding carboxylic acids is 1. The maximum absolute atomic E-state index is 11.1. The molecule has 1 aromatic carbocycles. The number of thiazole rings is 1. The van der Waals surface area contributed by atoms with Crippen LogP contribution < -0.4 is 0 Å². The highest BCUT2D eigenvalue weighted by Gasteiger charge is 2.06. The molecule has 0 aliphatic carbocycles. The first kappa shape index (κ1) is 9.43. The maximum Gasteiger partial charge on any atom is 0.218 e. The number of carbonyl (C=O) groups is 1. The molecule has 4 heteroatoms. The van der Waals surface area contributed by atoms with E-state index in [2.05, 4.69) is 11.6 Å². The van der Waals surface area contributed by atoms with Gasteiger partial charge in [0.25, 0.3) is 0 Å². The van der Waals surface area contributed by atoms with E-state index in [0.717, 1.165) is 26.3 Å². The Morgan fingerprint density at radius 2 is 2.29 bits per heavy atom. The van der Waals surface area contributed by atoms with Gasteiger partial charge in [-0.15, -0.1) is 11.3 Å². The van der Waals surface area contributed by atoms with Crippen LogP contribution in [0, 0.1) is 0 Å². The number of nitrogens with zero attached hydrogens (tertiary/aromatic N) is 1. The van der Waals surface area contributed by atoms with Crippen molar-refractivity contribution in [3.63, 3.8) is 0 Å². The van der Waals surface area contributed by atoms with E-state index >= 15 is 0 Å². The number of para-hydroxylation sites is 1. The first-order chi connectivity index (χ1) is 6.79. The molecular formula is C10H7NOS2. The van der Waals surface area contributed by atoms with E-state index in [1.54, 1.807) is 0 Å². The Kier molecular flexibility index (Phi) is 2.65. The Bertz CT molecular complexity index is 457. The normalized spacial score (nSPS) is 10.3. The van der Waals surface area contributed by atoms with Crippen LogP contribution in [0.25, 0.3) is 10.2 Å². The molecule has 0 spiro atoms. The summed E-state index contributed by atoms with van der Waals surface area (Å²) in [4.78, 5) is 15.4. The van der Waals surface area contributed by atoms with Crippen molar-refractivity contribution in [1.29, 1.82) is 0 Å². The van der Waals surface area contributed by atoms with Crippen molar-refractivity contribution in [3.05, 3.63) is 36.9 Å². The molecule has 2 nitrogen and oxygen atoms in total. The van der Waals surface area contributed by atoms with Crippen LogP contribution in [0.1, 0.15) is 0 Å². The van der Waals surface area contributed by atoms with Crippen molar-refractivity contribution < 1.29 is 4.79 Å². The molecule has 0 bridgehead atoms. The fraction of sp³-hybridized carbons (Fsp3) is 0. The summed E-state index contributed by atoms with van der Waals surface area (Å²) < 4.78 is 1.88. The molecule has 0 aliphatic heterocycles. The van der Waals surface area contributed by atoms with E-state index in [1.165, 1.54) is 17.4 Å².